The van der Waals surface area contributed by atoms with Crippen molar-refractivity contribution < 1.29 is 24.1 Å². The summed E-state index contributed by atoms with van der Waals surface area (Å²) in [5, 5.41) is 12.5. The summed E-state index contributed by atoms with van der Waals surface area (Å²) in [6.45, 7) is 5.09. The third kappa shape index (κ3) is 7.41. The second-order valence-corrected chi connectivity index (χ2v) is 11.5. The fourth-order valence-corrected chi connectivity index (χ4v) is 6.01. The Balaban J connectivity index is 0.00000480. The van der Waals surface area contributed by atoms with Crippen molar-refractivity contribution in [3.63, 3.8) is 0 Å². The molecule has 31 heavy (non-hydrogen) atoms. The summed E-state index contributed by atoms with van der Waals surface area (Å²) in [4.78, 5) is 41.0. The number of nitrogens with two attached hydrogens (primary N) is 1. The molecule has 0 unspecified atom stereocenters. The maximum absolute atomic E-state index is 13.4. The number of amides is 2. The number of hydrogen-bond acceptors (Lipinski definition) is 5. The Kier molecular flexibility index (Phi) is 12.6. The standard InChI is InChI=1S/C20H37N4O5P.Ca.2H/c1-3-30(29,4-2)22-15(9-5-6-12-21)18(25)23-13-7-10-16(23)19(26)24-14-8-11-17(24)20(27)28;;;/h15-17H,3-14,21H2,1-2H3,(H,22,29)(H,27,28);;;/t15-,16-,17-;;;/m0.../s1. The Morgan fingerprint density at radius 1 is 1.06 bits per heavy atom. The van der Waals surface area contributed by atoms with E-state index >= 15 is 0 Å². The zero-order chi connectivity index (χ0) is 22.3. The molecule has 2 heterocycles. The Morgan fingerprint density at radius 2 is 1.65 bits per heavy atom. The fourth-order valence-electron chi connectivity index (χ4n) is 4.39. The maximum atomic E-state index is 13.4. The average Bonchev–Trinajstić information content (AvgIpc) is 3.41. The SMILES string of the molecule is CCP(=O)(CC)N[C@@H](CCCCN)C(=O)N1CCC[C@H]1C(=O)N1CCC[C@H]1C(=O)O.[CaH2]. The third-order valence-electron chi connectivity index (χ3n) is 6.30. The van der Waals surface area contributed by atoms with Crippen molar-refractivity contribution in [1.82, 2.24) is 14.9 Å². The van der Waals surface area contributed by atoms with Gasteiger partial charge in [-0.1, -0.05) is 20.3 Å². The molecule has 0 aromatic carbocycles. The van der Waals surface area contributed by atoms with Gasteiger partial charge in [-0.15, -0.1) is 0 Å². The van der Waals surface area contributed by atoms with Crippen LogP contribution in [0.25, 0.3) is 0 Å². The van der Waals surface area contributed by atoms with Crippen LogP contribution in [0.2, 0.25) is 0 Å². The topological polar surface area (TPSA) is 133 Å². The Morgan fingerprint density at radius 3 is 2.19 bits per heavy atom. The van der Waals surface area contributed by atoms with Gasteiger partial charge in [0.2, 0.25) is 11.8 Å². The van der Waals surface area contributed by atoms with Gasteiger partial charge in [0.05, 0.1) is 6.04 Å². The summed E-state index contributed by atoms with van der Waals surface area (Å²) in [6.07, 6.45) is 5.26. The van der Waals surface area contributed by atoms with Crippen LogP contribution in [0.3, 0.4) is 0 Å². The molecule has 4 N–H and O–H groups in total. The van der Waals surface area contributed by atoms with Crippen molar-refractivity contribution in [2.75, 3.05) is 32.0 Å². The second kappa shape index (κ2) is 13.5. The van der Waals surface area contributed by atoms with Gasteiger partial charge in [0.15, 0.2) is 0 Å². The molecule has 0 saturated carbocycles. The normalized spacial score (nSPS) is 22.3. The van der Waals surface area contributed by atoms with Crippen LogP contribution in [0.4, 0.5) is 0 Å². The number of nitrogens with zero attached hydrogens (tertiary/aromatic N) is 2. The molecule has 3 atom stereocenters. The van der Waals surface area contributed by atoms with Crippen LogP contribution in [0.5, 0.6) is 0 Å². The first kappa shape index (κ1) is 28.9. The molecule has 0 spiro atoms. The zero-order valence-corrected chi connectivity index (χ0v) is 19.1. The van der Waals surface area contributed by atoms with Gasteiger partial charge in [0, 0.05) is 25.4 Å². The van der Waals surface area contributed by atoms with Crippen LogP contribution in [-0.2, 0) is 18.9 Å². The number of hydrogen-bond donors (Lipinski definition) is 3. The van der Waals surface area contributed by atoms with E-state index in [-0.39, 0.29) is 49.6 Å². The second-order valence-electron chi connectivity index (χ2n) is 8.21. The number of carbonyl (C=O) groups is 3. The van der Waals surface area contributed by atoms with Crippen molar-refractivity contribution in [1.29, 1.82) is 0 Å². The van der Waals surface area contributed by atoms with Gasteiger partial charge in [-0.25, -0.2) is 4.79 Å². The molecule has 2 rings (SSSR count). The van der Waals surface area contributed by atoms with E-state index in [0.717, 1.165) is 12.8 Å². The number of carboxylic acid groups (broad SMARTS) is 1. The molecule has 0 bridgehead atoms. The molecule has 0 aliphatic carbocycles. The first-order valence-electron chi connectivity index (χ1n) is 11.2. The van der Waals surface area contributed by atoms with E-state index in [1.54, 1.807) is 4.90 Å². The molecule has 2 saturated heterocycles. The van der Waals surface area contributed by atoms with Gasteiger partial charge in [0.25, 0.3) is 0 Å². The molecule has 11 heteroatoms. The van der Waals surface area contributed by atoms with Crippen LogP contribution in [0.1, 0.15) is 58.8 Å². The molecular weight excluding hydrogens is 447 g/mol. The Labute approximate surface area is 215 Å². The quantitative estimate of drug-likeness (QED) is 0.221. The van der Waals surface area contributed by atoms with Crippen LogP contribution in [-0.4, -0.2) is 121 Å². The molecule has 9 nitrogen and oxygen atoms in total. The first-order chi connectivity index (χ1) is 14.3. The van der Waals surface area contributed by atoms with Crippen molar-refractivity contribution >= 4 is 62.8 Å². The summed E-state index contributed by atoms with van der Waals surface area (Å²) in [6, 6.07) is -2.07. The first-order valence-corrected chi connectivity index (χ1v) is 13.2. The van der Waals surface area contributed by atoms with Crippen LogP contribution in [0.15, 0.2) is 0 Å². The minimum atomic E-state index is -2.67. The van der Waals surface area contributed by atoms with E-state index in [9.17, 15) is 24.1 Å². The van der Waals surface area contributed by atoms with E-state index in [1.807, 2.05) is 13.8 Å². The van der Waals surface area contributed by atoms with Crippen LogP contribution in [0, 0.1) is 0 Å². The third-order valence-corrected chi connectivity index (χ3v) is 9.13. The number of nitrogens with one attached hydrogen (secondary N) is 1. The van der Waals surface area contributed by atoms with Crippen molar-refractivity contribution in [2.45, 2.75) is 76.9 Å². The molecule has 176 valence electrons. The Bertz CT molecular complexity index is 672. The van der Waals surface area contributed by atoms with E-state index in [1.165, 1.54) is 4.90 Å². The zero-order valence-electron chi connectivity index (χ0n) is 18.2. The molecular formula is C20H39CaN4O5P. The van der Waals surface area contributed by atoms with E-state index in [0.29, 0.717) is 64.1 Å². The minimum absolute atomic E-state index is 0. The van der Waals surface area contributed by atoms with E-state index < -0.39 is 31.4 Å². The van der Waals surface area contributed by atoms with Gasteiger partial charge in [0.1, 0.15) is 19.4 Å². The monoisotopic (exact) mass is 486 g/mol. The van der Waals surface area contributed by atoms with Gasteiger partial charge in [-0.2, -0.15) is 0 Å². The molecule has 2 aliphatic rings. The number of unbranched alkanes of at least 4 members (excludes halogenated alkanes) is 1. The number of carbonyl (C=O) groups excluding carboxylic acids is 2. The van der Waals surface area contributed by atoms with Crippen LogP contribution >= 0.6 is 7.29 Å². The predicted molar refractivity (Wildman–Crippen MR) is 124 cm³/mol. The van der Waals surface area contributed by atoms with Crippen molar-refractivity contribution in [3.8, 4) is 0 Å². The fraction of sp³-hybridized carbons (Fsp3) is 0.850. The number of rotatable bonds is 11. The average molecular weight is 487 g/mol. The summed E-state index contributed by atoms with van der Waals surface area (Å²) >= 11 is 0. The predicted octanol–water partition coefficient (Wildman–Crippen LogP) is 0.542. The van der Waals surface area contributed by atoms with E-state index in [4.69, 9.17) is 5.73 Å². The summed E-state index contributed by atoms with van der Waals surface area (Å²) in [5.41, 5.74) is 5.59. The molecule has 2 amide bonds. The Hall–Kier alpha value is -0.180. The molecule has 0 aromatic heterocycles. The summed E-state index contributed by atoms with van der Waals surface area (Å²) in [7, 11) is -2.67. The van der Waals surface area contributed by atoms with Gasteiger partial charge in [-0.3, -0.25) is 14.7 Å². The number of likely N-dealkylation sites (tertiary alicyclic amines) is 2. The molecule has 0 radical (unpaired) electrons. The number of carboxylic acids is 1. The molecule has 0 aromatic rings. The van der Waals surface area contributed by atoms with Crippen molar-refractivity contribution in [3.05, 3.63) is 0 Å². The summed E-state index contributed by atoms with van der Waals surface area (Å²) in [5.74, 6) is -1.48. The summed E-state index contributed by atoms with van der Waals surface area (Å²) < 4.78 is 13.0. The molecule has 2 fully saturated rings. The molecule has 2 aliphatic heterocycles. The van der Waals surface area contributed by atoms with Crippen LogP contribution < -0.4 is 10.8 Å². The van der Waals surface area contributed by atoms with Crippen molar-refractivity contribution in [2.24, 2.45) is 5.73 Å². The van der Waals surface area contributed by atoms with E-state index in [2.05, 4.69) is 5.09 Å². The van der Waals surface area contributed by atoms with Gasteiger partial charge in [-0.05, 0) is 45.1 Å². The number of aliphatic carboxylic acids is 1. The van der Waals surface area contributed by atoms with Gasteiger partial charge < -0.3 is 25.2 Å². The van der Waals surface area contributed by atoms with Gasteiger partial charge >= 0.3 is 43.7 Å².